The second-order valence-corrected chi connectivity index (χ2v) is 8.28. The van der Waals surface area contributed by atoms with E-state index in [-0.39, 0.29) is 29.4 Å². The molecule has 0 aliphatic carbocycles. The second-order valence-electron chi connectivity index (χ2n) is 7.25. The molecule has 152 valence electrons. The van der Waals surface area contributed by atoms with Crippen molar-refractivity contribution in [2.75, 3.05) is 32.5 Å². The van der Waals surface area contributed by atoms with E-state index in [0.29, 0.717) is 18.8 Å². The van der Waals surface area contributed by atoms with Crippen molar-refractivity contribution >= 4 is 34.5 Å². The third-order valence-electron chi connectivity index (χ3n) is 4.79. The van der Waals surface area contributed by atoms with Crippen LogP contribution in [0.25, 0.3) is 0 Å². The summed E-state index contributed by atoms with van der Waals surface area (Å²) in [6.07, 6.45) is 1.03. The minimum Gasteiger partial charge on any atom is -0.342 e. The van der Waals surface area contributed by atoms with Gasteiger partial charge < -0.3 is 15.1 Å². The fourth-order valence-corrected chi connectivity index (χ4v) is 3.77. The Hall–Kier alpha value is -2.80. The van der Waals surface area contributed by atoms with E-state index >= 15 is 0 Å². The molecule has 2 aromatic carbocycles. The third-order valence-corrected chi connectivity index (χ3v) is 5.84. The Morgan fingerprint density at radius 3 is 2.45 bits per heavy atom. The Balaban J connectivity index is 1.50. The van der Waals surface area contributed by atoms with Crippen molar-refractivity contribution in [1.29, 1.82) is 0 Å². The van der Waals surface area contributed by atoms with Gasteiger partial charge in [-0.15, -0.1) is 0 Å². The highest BCUT2D eigenvalue weighted by molar-refractivity contribution is 8.13. The Labute approximate surface area is 175 Å². The number of thioether (sulfide) groups is 1. The smallest absolute Gasteiger partial charge is 0.285 e. The van der Waals surface area contributed by atoms with Gasteiger partial charge in [-0.2, -0.15) is 0 Å². The lowest BCUT2D eigenvalue weighted by atomic mass is 10.1. The zero-order valence-electron chi connectivity index (χ0n) is 16.6. The molecule has 1 unspecified atom stereocenters. The second kappa shape index (κ2) is 9.60. The van der Waals surface area contributed by atoms with Crippen LogP contribution in [0.1, 0.15) is 12.0 Å². The van der Waals surface area contributed by atoms with Gasteiger partial charge in [0.15, 0.2) is 0 Å². The highest BCUT2D eigenvalue weighted by Gasteiger charge is 2.34. The van der Waals surface area contributed by atoms with Crippen molar-refractivity contribution in [1.82, 2.24) is 9.80 Å². The fourth-order valence-electron chi connectivity index (χ4n) is 3.12. The number of nitrogens with one attached hydrogen (secondary N) is 1. The lowest BCUT2D eigenvalue weighted by Crippen LogP contribution is -2.30. The van der Waals surface area contributed by atoms with E-state index < -0.39 is 0 Å². The van der Waals surface area contributed by atoms with Crippen molar-refractivity contribution in [3.63, 3.8) is 0 Å². The first-order valence-electron chi connectivity index (χ1n) is 9.54. The maximum absolute atomic E-state index is 12.6. The number of hydrogen-bond acceptors (Lipinski definition) is 4. The van der Waals surface area contributed by atoms with E-state index in [1.807, 2.05) is 30.3 Å². The van der Waals surface area contributed by atoms with Gasteiger partial charge >= 0.3 is 0 Å². The number of carbonyl (C=O) groups excluding carboxylic acids is 3. The summed E-state index contributed by atoms with van der Waals surface area (Å²) in [6.45, 7) is 1.07. The predicted molar refractivity (Wildman–Crippen MR) is 115 cm³/mol. The molecule has 1 aliphatic rings. The Kier molecular flexibility index (Phi) is 6.93. The summed E-state index contributed by atoms with van der Waals surface area (Å²) in [7, 11) is 3.41. The monoisotopic (exact) mass is 411 g/mol. The molecule has 3 amide bonds. The van der Waals surface area contributed by atoms with Crippen LogP contribution in [0, 0.1) is 5.92 Å². The maximum Gasteiger partial charge on any atom is 0.285 e. The molecule has 0 radical (unpaired) electrons. The predicted octanol–water partition coefficient (Wildman–Crippen LogP) is 3.49. The number of anilines is 1. The molecule has 3 rings (SSSR count). The van der Waals surface area contributed by atoms with Gasteiger partial charge in [-0.1, -0.05) is 30.3 Å². The van der Waals surface area contributed by atoms with E-state index in [9.17, 15) is 14.4 Å². The average Bonchev–Trinajstić information content (AvgIpc) is 3.09. The van der Waals surface area contributed by atoms with Gasteiger partial charge in [0.05, 0.1) is 5.92 Å². The van der Waals surface area contributed by atoms with Crippen LogP contribution < -0.4 is 5.32 Å². The molecule has 0 spiro atoms. The van der Waals surface area contributed by atoms with Crippen LogP contribution >= 0.6 is 11.8 Å². The van der Waals surface area contributed by atoms with Gasteiger partial charge in [-0.05, 0) is 48.0 Å². The van der Waals surface area contributed by atoms with Crippen molar-refractivity contribution in [2.45, 2.75) is 17.7 Å². The number of nitrogens with zero attached hydrogens (tertiary/aromatic N) is 2. The zero-order chi connectivity index (χ0) is 20.8. The molecular weight excluding hydrogens is 386 g/mol. The standard InChI is InChI=1S/C22H25N3O3S/c1-24(2)22(28)29-19-10-8-18(9-11-19)23-21(27)17-14-20(26)25(15-17)13-12-16-6-4-3-5-7-16/h3-11,17H,12-15H2,1-2H3,(H,23,27). The molecule has 1 saturated heterocycles. The Morgan fingerprint density at radius 2 is 1.79 bits per heavy atom. The summed E-state index contributed by atoms with van der Waals surface area (Å²) in [4.78, 5) is 40.7. The van der Waals surface area contributed by atoms with Crippen LogP contribution in [0.15, 0.2) is 59.5 Å². The first-order valence-corrected chi connectivity index (χ1v) is 10.4. The van der Waals surface area contributed by atoms with Crippen LogP contribution in [-0.2, 0) is 16.0 Å². The fraction of sp³-hybridized carbons (Fsp3) is 0.318. The Bertz CT molecular complexity index is 869. The lowest BCUT2D eigenvalue weighted by Gasteiger charge is -2.16. The van der Waals surface area contributed by atoms with E-state index in [1.165, 1.54) is 10.5 Å². The summed E-state index contributed by atoms with van der Waals surface area (Å²) in [5.41, 5.74) is 1.84. The highest BCUT2D eigenvalue weighted by atomic mass is 32.2. The first-order chi connectivity index (χ1) is 13.9. The van der Waals surface area contributed by atoms with E-state index in [4.69, 9.17) is 0 Å². The van der Waals surface area contributed by atoms with Gasteiger partial charge in [-0.3, -0.25) is 14.4 Å². The Morgan fingerprint density at radius 1 is 1.10 bits per heavy atom. The number of hydrogen-bond donors (Lipinski definition) is 1. The highest BCUT2D eigenvalue weighted by Crippen LogP contribution is 2.24. The summed E-state index contributed by atoms with van der Waals surface area (Å²) in [6, 6.07) is 17.2. The molecule has 1 heterocycles. The molecule has 1 N–H and O–H groups in total. The van der Waals surface area contributed by atoms with Crippen molar-refractivity contribution < 1.29 is 14.4 Å². The van der Waals surface area contributed by atoms with Gasteiger partial charge in [0.2, 0.25) is 11.8 Å². The first kappa shape index (κ1) is 20.9. The number of amides is 3. The van der Waals surface area contributed by atoms with E-state index in [1.54, 1.807) is 43.3 Å². The number of carbonyl (C=O) groups is 3. The lowest BCUT2D eigenvalue weighted by molar-refractivity contribution is -0.128. The number of likely N-dealkylation sites (tertiary alicyclic amines) is 1. The van der Waals surface area contributed by atoms with E-state index in [2.05, 4.69) is 5.32 Å². The largest absolute Gasteiger partial charge is 0.342 e. The maximum atomic E-state index is 12.6. The van der Waals surface area contributed by atoms with Crippen LogP contribution in [0.4, 0.5) is 10.5 Å². The van der Waals surface area contributed by atoms with Gasteiger partial charge in [-0.25, -0.2) is 0 Å². The van der Waals surface area contributed by atoms with Gasteiger partial charge in [0.25, 0.3) is 5.24 Å². The van der Waals surface area contributed by atoms with E-state index in [0.717, 1.165) is 23.1 Å². The van der Waals surface area contributed by atoms with Crippen molar-refractivity contribution in [3.8, 4) is 0 Å². The minimum atomic E-state index is -0.345. The zero-order valence-corrected chi connectivity index (χ0v) is 17.4. The van der Waals surface area contributed by atoms with Crippen LogP contribution in [0.5, 0.6) is 0 Å². The van der Waals surface area contributed by atoms with Crippen molar-refractivity contribution in [3.05, 3.63) is 60.2 Å². The molecule has 0 bridgehead atoms. The van der Waals surface area contributed by atoms with Gasteiger partial charge in [0.1, 0.15) is 0 Å². The molecule has 1 atom stereocenters. The van der Waals surface area contributed by atoms with Gasteiger partial charge in [0, 0.05) is 44.2 Å². The number of rotatable bonds is 6. The minimum absolute atomic E-state index is 0.0232. The van der Waals surface area contributed by atoms with Crippen LogP contribution in [0.3, 0.4) is 0 Å². The van der Waals surface area contributed by atoms with Crippen LogP contribution in [0.2, 0.25) is 0 Å². The molecule has 29 heavy (non-hydrogen) atoms. The molecule has 1 fully saturated rings. The average molecular weight is 412 g/mol. The molecule has 1 aliphatic heterocycles. The molecule has 0 saturated carbocycles. The molecular formula is C22H25N3O3S. The summed E-state index contributed by atoms with van der Waals surface area (Å²) in [5, 5.41) is 2.83. The quantitative estimate of drug-likeness (QED) is 0.739. The summed E-state index contributed by atoms with van der Waals surface area (Å²) < 4.78 is 0. The van der Waals surface area contributed by atoms with Crippen LogP contribution in [-0.4, -0.2) is 54.0 Å². The van der Waals surface area contributed by atoms with Crippen molar-refractivity contribution in [2.24, 2.45) is 5.92 Å². The number of benzene rings is 2. The third kappa shape index (κ3) is 5.84. The molecule has 2 aromatic rings. The summed E-state index contributed by atoms with van der Waals surface area (Å²) >= 11 is 1.13. The summed E-state index contributed by atoms with van der Waals surface area (Å²) in [5.74, 6) is -0.469. The molecule has 6 nitrogen and oxygen atoms in total. The molecule has 7 heteroatoms. The SMILES string of the molecule is CN(C)C(=O)Sc1ccc(NC(=O)C2CC(=O)N(CCc3ccccc3)C2)cc1. The normalized spacial score (nSPS) is 16.0. The molecule has 0 aromatic heterocycles. The topological polar surface area (TPSA) is 69.7 Å².